The number of halogens is 1. The molecule has 3 aromatic rings. The van der Waals surface area contributed by atoms with Gasteiger partial charge in [-0.1, -0.05) is 92.2 Å². The van der Waals surface area contributed by atoms with Crippen molar-refractivity contribution < 1.29 is 9.90 Å². The second kappa shape index (κ2) is 9.11. The van der Waals surface area contributed by atoms with Gasteiger partial charge in [-0.25, -0.2) is 0 Å². The average molecular weight is 497 g/mol. The zero-order chi connectivity index (χ0) is 25.6. The summed E-state index contributed by atoms with van der Waals surface area (Å²) in [6.45, 7) is 6.11. The van der Waals surface area contributed by atoms with E-state index in [-0.39, 0.29) is 22.8 Å². The van der Waals surface area contributed by atoms with E-state index in [0.717, 1.165) is 16.8 Å². The monoisotopic (exact) mass is 496 g/mol. The summed E-state index contributed by atoms with van der Waals surface area (Å²) in [5.74, 6) is -0.352. The lowest BCUT2D eigenvalue weighted by Gasteiger charge is -2.45. The molecular weight excluding hydrogens is 468 g/mol. The first-order valence-corrected chi connectivity index (χ1v) is 12.5. The largest absolute Gasteiger partial charge is 0.507 e. The molecule has 0 saturated carbocycles. The third kappa shape index (κ3) is 4.16. The number of carbonyl (C=O) groups excluding carboxylic acids is 1. The van der Waals surface area contributed by atoms with Crippen LogP contribution in [0.15, 0.2) is 95.7 Å². The van der Waals surface area contributed by atoms with Crippen LogP contribution in [0.5, 0.6) is 0 Å². The predicted molar refractivity (Wildman–Crippen MR) is 147 cm³/mol. The zero-order valence-corrected chi connectivity index (χ0v) is 21.4. The minimum absolute atomic E-state index is 0.00171. The number of aliphatic hydroxyl groups excluding tert-OH is 1. The molecule has 0 spiro atoms. The van der Waals surface area contributed by atoms with Crippen LogP contribution >= 0.6 is 11.6 Å². The van der Waals surface area contributed by atoms with Crippen molar-refractivity contribution in [3.05, 3.63) is 117 Å². The van der Waals surface area contributed by atoms with Crippen LogP contribution in [0.2, 0.25) is 5.02 Å². The van der Waals surface area contributed by atoms with Crippen LogP contribution in [-0.4, -0.2) is 16.7 Å². The van der Waals surface area contributed by atoms with E-state index in [1.807, 2.05) is 90.7 Å². The summed E-state index contributed by atoms with van der Waals surface area (Å²) in [5.41, 5.74) is 4.73. The summed E-state index contributed by atoms with van der Waals surface area (Å²) in [6, 6.07) is 24.6. The molecule has 5 heteroatoms. The van der Waals surface area contributed by atoms with Gasteiger partial charge in [0.25, 0.3) is 0 Å². The molecule has 0 bridgehead atoms. The third-order valence-corrected chi connectivity index (χ3v) is 7.48. The van der Waals surface area contributed by atoms with E-state index in [2.05, 4.69) is 13.8 Å². The molecule has 4 nitrogen and oxygen atoms in total. The fourth-order valence-corrected chi connectivity index (χ4v) is 5.53. The Morgan fingerprint density at radius 2 is 1.64 bits per heavy atom. The van der Waals surface area contributed by atoms with E-state index >= 15 is 0 Å². The summed E-state index contributed by atoms with van der Waals surface area (Å²) < 4.78 is 0. The van der Waals surface area contributed by atoms with Gasteiger partial charge in [-0.05, 0) is 42.0 Å². The lowest BCUT2D eigenvalue weighted by molar-refractivity contribution is -0.118. The van der Waals surface area contributed by atoms with E-state index in [0.29, 0.717) is 40.3 Å². The van der Waals surface area contributed by atoms with Crippen molar-refractivity contribution in [2.45, 2.75) is 39.5 Å². The van der Waals surface area contributed by atoms with Crippen LogP contribution in [0.1, 0.15) is 49.3 Å². The number of rotatable bonds is 3. The van der Waals surface area contributed by atoms with Gasteiger partial charge in [0.1, 0.15) is 11.6 Å². The topological polar surface area (TPSA) is 64.4 Å². The van der Waals surface area contributed by atoms with Crippen molar-refractivity contribution in [3.8, 4) is 0 Å². The first kappa shape index (κ1) is 24.1. The number of aryl methyl sites for hydroxylation is 1. The van der Waals surface area contributed by atoms with Gasteiger partial charge < -0.3 is 5.11 Å². The Balaban J connectivity index is 1.86. The maximum absolute atomic E-state index is 13.9. The number of ketones is 1. The molecule has 5 rings (SSSR count). The van der Waals surface area contributed by atoms with Gasteiger partial charge >= 0.3 is 0 Å². The first-order valence-electron chi connectivity index (χ1n) is 12.1. The van der Waals surface area contributed by atoms with E-state index in [1.165, 1.54) is 0 Å². The summed E-state index contributed by atoms with van der Waals surface area (Å²) in [7, 11) is 0. The standard InChI is InChI=1S/C31H29ClN2O2/c1-19-14-15-22(16-23(19)32)34-24-17-31(2,3)18-25(35)27(24)26(20-10-6-4-7-11-20)28(30(34)33)29(36)21-12-8-5-9-13-21/h4-16,26,33,36H,17-18H2,1-3H3/b29-28+,33-30?. The Morgan fingerprint density at radius 1 is 1.00 bits per heavy atom. The zero-order valence-electron chi connectivity index (χ0n) is 20.7. The predicted octanol–water partition coefficient (Wildman–Crippen LogP) is 7.84. The Kier molecular flexibility index (Phi) is 6.09. The summed E-state index contributed by atoms with van der Waals surface area (Å²) in [4.78, 5) is 15.7. The second-order valence-electron chi connectivity index (χ2n) is 10.4. The number of nitrogens with zero attached hydrogens (tertiary/aromatic N) is 1. The van der Waals surface area contributed by atoms with Gasteiger partial charge in [0.15, 0.2) is 5.78 Å². The quantitative estimate of drug-likeness (QED) is 0.363. The highest BCUT2D eigenvalue weighted by Gasteiger charge is 2.46. The maximum Gasteiger partial charge on any atom is 0.162 e. The highest BCUT2D eigenvalue weighted by Crippen LogP contribution is 2.51. The molecule has 1 aliphatic carbocycles. The first-order chi connectivity index (χ1) is 17.2. The number of Topliss-reactive ketones (excluding diaryl/α,β-unsaturated/α-hetero) is 1. The normalized spacial score (nSPS) is 20.9. The molecule has 0 amide bonds. The van der Waals surface area contributed by atoms with Gasteiger partial charge in [0.2, 0.25) is 0 Å². The smallest absolute Gasteiger partial charge is 0.162 e. The van der Waals surface area contributed by atoms with Crippen LogP contribution in [0.3, 0.4) is 0 Å². The van der Waals surface area contributed by atoms with E-state index in [1.54, 1.807) is 0 Å². The Morgan fingerprint density at radius 3 is 2.28 bits per heavy atom. The fraction of sp³-hybridized carbons (Fsp3) is 0.226. The minimum atomic E-state index is -0.547. The molecule has 2 aliphatic rings. The van der Waals surface area contributed by atoms with Crippen molar-refractivity contribution in [1.29, 1.82) is 5.41 Å². The number of carbonyl (C=O) groups is 1. The molecule has 3 aromatic carbocycles. The number of hydrogen-bond donors (Lipinski definition) is 2. The van der Waals surface area contributed by atoms with E-state index < -0.39 is 5.92 Å². The number of benzene rings is 3. The van der Waals surface area contributed by atoms with Crippen LogP contribution in [-0.2, 0) is 4.79 Å². The number of nitrogens with one attached hydrogen (secondary N) is 1. The molecular formula is C31H29ClN2O2. The van der Waals surface area contributed by atoms with Crippen molar-refractivity contribution in [2.24, 2.45) is 5.41 Å². The molecule has 1 atom stereocenters. The number of aliphatic hydroxyl groups is 1. The van der Waals surface area contributed by atoms with E-state index in [9.17, 15) is 15.3 Å². The fourth-order valence-electron chi connectivity index (χ4n) is 5.35. The summed E-state index contributed by atoms with van der Waals surface area (Å²) >= 11 is 6.52. The van der Waals surface area contributed by atoms with Crippen LogP contribution < -0.4 is 4.90 Å². The molecule has 1 unspecified atom stereocenters. The highest BCUT2D eigenvalue weighted by molar-refractivity contribution is 6.32. The minimum Gasteiger partial charge on any atom is -0.507 e. The summed E-state index contributed by atoms with van der Waals surface area (Å²) in [5, 5.41) is 21.7. The van der Waals surface area contributed by atoms with Crippen LogP contribution in [0, 0.1) is 17.7 Å². The molecule has 0 fully saturated rings. The van der Waals surface area contributed by atoms with Gasteiger partial charge in [-0.15, -0.1) is 0 Å². The van der Waals surface area contributed by atoms with Crippen LogP contribution in [0.4, 0.5) is 5.69 Å². The van der Waals surface area contributed by atoms with Crippen molar-refractivity contribution in [1.82, 2.24) is 0 Å². The number of anilines is 1. The lowest BCUT2D eigenvalue weighted by Crippen LogP contribution is -2.45. The van der Waals surface area contributed by atoms with Crippen molar-refractivity contribution in [3.63, 3.8) is 0 Å². The van der Waals surface area contributed by atoms with Crippen molar-refractivity contribution in [2.75, 3.05) is 4.90 Å². The molecule has 0 saturated heterocycles. The second-order valence-corrected chi connectivity index (χ2v) is 10.8. The third-order valence-electron chi connectivity index (χ3n) is 7.07. The molecule has 0 aromatic heterocycles. The average Bonchev–Trinajstić information content (AvgIpc) is 2.85. The van der Waals surface area contributed by atoms with Crippen molar-refractivity contribution >= 4 is 34.7 Å². The molecule has 36 heavy (non-hydrogen) atoms. The molecule has 1 heterocycles. The molecule has 1 aliphatic heterocycles. The van der Waals surface area contributed by atoms with Gasteiger partial charge in [-0.2, -0.15) is 0 Å². The highest BCUT2D eigenvalue weighted by atomic mass is 35.5. The molecule has 2 N–H and O–H groups in total. The maximum atomic E-state index is 13.9. The number of amidine groups is 1. The van der Waals surface area contributed by atoms with Gasteiger partial charge in [0, 0.05) is 45.5 Å². The van der Waals surface area contributed by atoms with Gasteiger partial charge in [-0.3, -0.25) is 15.1 Å². The SMILES string of the molecule is Cc1ccc(N2C(=N)/C(=C(/O)c3ccccc3)C(c3ccccc3)C3=C2CC(C)(C)CC3=O)cc1Cl. The number of allylic oxidation sites excluding steroid dienone is 2. The molecule has 0 radical (unpaired) electrons. The Labute approximate surface area is 217 Å². The summed E-state index contributed by atoms with van der Waals surface area (Å²) in [6.07, 6.45) is 1.04. The lowest BCUT2D eigenvalue weighted by atomic mass is 9.67. The Bertz CT molecular complexity index is 1420. The Hall–Kier alpha value is -3.63. The molecule has 182 valence electrons. The number of hydrogen-bond acceptors (Lipinski definition) is 3. The van der Waals surface area contributed by atoms with Crippen LogP contribution in [0.25, 0.3) is 5.76 Å². The van der Waals surface area contributed by atoms with E-state index in [4.69, 9.17) is 11.6 Å². The van der Waals surface area contributed by atoms with Gasteiger partial charge in [0.05, 0.1) is 0 Å².